The number of nitrogens with zero attached hydrogens (tertiary/aromatic N) is 4. The van der Waals surface area contributed by atoms with Crippen molar-refractivity contribution in [3.63, 3.8) is 0 Å². The second-order valence-electron chi connectivity index (χ2n) is 8.88. The standard InChI is InChI=1S/C27H29ClN4O7/c1-4-39-26(35)17-11-13-30(14-12-17)24(33)23-25(34)31(16-18-7-5-6-8-20(18)28)27(36)32(29-23)19-9-10-21(37-2)22(15-19)38-3/h5-10,15,17H,4,11-14,16H2,1-3H3. The number of rotatable bonds is 8. The molecule has 1 saturated heterocycles. The molecule has 0 radical (unpaired) electrons. The highest BCUT2D eigenvalue weighted by molar-refractivity contribution is 6.31. The maximum atomic E-state index is 13.6. The third kappa shape index (κ3) is 5.83. The van der Waals surface area contributed by atoms with Gasteiger partial charge < -0.3 is 19.1 Å². The van der Waals surface area contributed by atoms with Crippen molar-refractivity contribution in [1.82, 2.24) is 19.2 Å². The van der Waals surface area contributed by atoms with Crippen LogP contribution in [0.4, 0.5) is 0 Å². The summed E-state index contributed by atoms with van der Waals surface area (Å²) in [6.45, 7) is 2.33. The van der Waals surface area contributed by atoms with E-state index in [9.17, 15) is 19.2 Å². The Kier molecular flexibility index (Phi) is 8.70. The molecule has 11 nitrogen and oxygen atoms in total. The molecule has 0 N–H and O–H groups in total. The molecule has 39 heavy (non-hydrogen) atoms. The molecule has 1 aromatic heterocycles. The zero-order chi connectivity index (χ0) is 28.1. The van der Waals surface area contributed by atoms with Gasteiger partial charge in [-0.05, 0) is 43.5 Å². The van der Waals surface area contributed by atoms with Crippen LogP contribution in [0, 0.1) is 5.92 Å². The van der Waals surface area contributed by atoms with Gasteiger partial charge in [0.15, 0.2) is 11.5 Å². The lowest BCUT2D eigenvalue weighted by atomic mass is 9.97. The predicted molar refractivity (Wildman–Crippen MR) is 143 cm³/mol. The van der Waals surface area contributed by atoms with Crippen molar-refractivity contribution in [2.45, 2.75) is 26.3 Å². The predicted octanol–water partition coefficient (Wildman–Crippen LogP) is 2.53. The molecule has 0 bridgehead atoms. The molecule has 12 heteroatoms. The lowest BCUT2D eigenvalue weighted by molar-refractivity contribution is -0.149. The van der Waals surface area contributed by atoms with Crippen LogP contribution >= 0.6 is 11.6 Å². The number of benzene rings is 2. The van der Waals surface area contributed by atoms with Gasteiger partial charge in [0.25, 0.3) is 11.5 Å². The van der Waals surface area contributed by atoms with E-state index in [1.165, 1.54) is 25.2 Å². The van der Waals surface area contributed by atoms with E-state index in [0.29, 0.717) is 34.9 Å². The second kappa shape index (κ2) is 12.2. The molecule has 0 aliphatic carbocycles. The summed E-state index contributed by atoms with van der Waals surface area (Å²) in [7, 11) is 2.93. The van der Waals surface area contributed by atoms with Gasteiger partial charge >= 0.3 is 11.7 Å². The van der Waals surface area contributed by atoms with Gasteiger partial charge in [0.2, 0.25) is 5.69 Å². The quantitative estimate of drug-likeness (QED) is 0.388. The summed E-state index contributed by atoms with van der Waals surface area (Å²) in [5.74, 6) is -0.489. The highest BCUT2D eigenvalue weighted by Gasteiger charge is 2.31. The third-order valence-corrected chi connectivity index (χ3v) is 6.93. The van der Waals surface area contributed by atoms with Gasteiger partial charge in [0.1, 0.15) is 0 Å². The molecule has 1 amide bonds. The Morgan fingerprint density at radius 3 is 2.36 bits per heavy atom. The van der Waals surface area contributed by atoms with Crippen LogP contribution in [0.3, 0.4) is 0 Å². The summed E-state index contributed by atoms with van der Waals surface area (Å²) in [5, 5.41) is 4.58. The van der Waals surface area contributed by atoms with Crippen LogP contribution in [-0.4, -0.2) is 65.0 Å². The average molecular weight is 557 g/mol. The van der Waals surface area contributed by atoms with E-state index in [2.05, 4.69) is 5.10 Å². The highest BCUT2D eigenvalue weighted by atomic mass is 35.5. The van der Waals surface area contributed by atoms with Crippen molar-refractivity contribution in [2.75, 3.05) is 33.9 Å². The number of piperidine rings is 1. The molecule has 1 aliphatic rings. The molecule has 1 aliphatic heterocycles. The van der Waals surface area contributed by atoms with Crippen molar-refractivity contribution >= 4 is 23.5 Å². The van der Waals surface area contributed by atoms with Gasteiger partial charge in [0.05, 0.1) is 39.0 Å². The lowest BCUT2D eigenvalue weighted by Crippen LogP contribution is -2.48. The zero-order valence-electron chi connectivity index (χ0n) is 21.9. The fraction of sp³-hybridized carbons (Fsp3) is 0.370. The molecule has 3 aromatic rings. The van der Waals surface area contributed by atoms with Crippen molar-refractivity contribution in [1.29, 1.82) is 0 Å². The monoisotopic (exact) mass is 556 g/mol. The number of carbonyl (C=O) groups excluding carboxylic acids is 2. The summed E-state index contributed by atoms with van der Waals surface area (Å²) in [5.41, 5.74) is -1.23. The van der Waals surface area contributed by atoms with Gasteiger partial charge in [-0.1, -0.05) is 29.8 Å². The van der Waals surface area contributed by atoms with Crippen molar-refractivity contribution in [2.24, 2.45) is 5.92 Å². The average Bonchev–Trinajstić information content (AvgIpc) is 2.95. The first-order valence-corrected chi connectivity index (χ1v) is 12.8. The minimum atomic E-state index is -0.839. The number of esters is 1. The maximum Gasteiger partial charge on any atom is 0.352 e. The first-order valence-electron chi connectivity index (χ1n) is 12.4. The van der Waals surface area contributed by atoms with Crippen molar-refractivity contribution in [3.8, 4) is 17.2 Å². The molecular formula is C27H29ClN4O7. The van der Waals surface area contributed by atoms with E-state index in [1.807, 2.05) is 0 Å². The van der Waals surface area contributed by atoms with Crippen LogP contribution in [0.25, 0.3) is 5.69 Å². The molecule has 4 rings (SSSR count). The minimum Gasteiger partial charge on any atom is -0.493 e. The first-order chi connectivity index (χ1) is 18.8. The van der Waals surface area contributed by atoms with Gasteiger partial charge in [-0.15, -0.1) is 0 Å². The Labute approximate surface area is 229 Å². The molecule has 2 heterocycles. The van der Waals surface area contributed by atoms with E-state index in [4.69, 9.17) is 25.8 Å². The minimum absolute atomic E-state index is 0.168. The second-order valence-corrected chi connectivity index (χ2v) is 9.29. The van der Waals surface area contributed by atoms with Gasteiger partial charge in [0, 0.05) is 24.2 Å². The van der Waals surface area contributed by atoms with Gasteiger partial charge in [-0.3, -0.25) is 19.0 Å². The zero-order valence-corrected chi connectivity index (χ0v) is 22.6. The van der Waals surface area contributed by atoms with Crippen LogP contribution < -0.4 is 20.7 Å². The van der Waals surface area contributed by atoms with Crippen LogP contribution in [0.5, 0.6) is 11.5 Å². The molecule has 206 valence electrons. The number of carbonyl (C=O) groups is 2. The molecule has 0 spiro atoms. The molecular weight excluding hydrogens is 528 g/mol. The smallest absolute Gasteiger partial charge is 0.352 e. The maximum absolute atomic E-state index is 13.6. The van der Waals surface area contributed by atoms with Crippen molar-refractivity contribution < 1.29 is 23.8 Å². The molecule has 1 fully saturated rings. The van der Waals surface area contributed by atoms with Crippen LogP contribution in [0.2, 0.25) is 5.02 Å². The van der Waals surface area contributed by atoms with Crippen LogP contribution in [0.15, 0.2) is 52.1 Å². The first kappa shape index (κ1) is 27.9. The summed E-state index contributed by atoms with van der Waals surface area (Å²) in [6, 6.07) is 11.5. The summed E-state index contributed by atoms with van der Waals surface area (Å²) in [4.78, 5) is 54.2. The Morgan fingerprint density at radius 1 is 1.03 bits per heavy atom. The number of hydrogen-bond donors (Lipinski definition) is 0. The fourth-order valence-electron chi connectivity index (χ4n) is 4.44. The number of halogens is 1. The number of likely N-dealkylation sites (tertiary alicyclic amines) is 1. The summed E-state index contributed by atoms with van der Waals surface area (Å²) >= 11 is 6.31. The van der Waals surface area contributed by atoms with E-state index in [0.717, 1.165) is 9.25 Å². The molecule has 2 aromatic carbocycles. The van der Waals surface area contributed by atoms with Crippen LogP contribution in [0.1, 0.15) is 35.8 Å². The van der Waals surface area contributed by atoms with E-state index < -0.39 is 22.9 Å². The molecule has 0 atom stereocenters. The SMILES string of the molecule is CCOC(=O)C1CCN(C(=O)c2nn(-c3ccc(OC)c(OC)c3)c(=O)n(Cc3ccccc3Cl)c2=O)CC1. The highest BCUT2D eigenvalue weighted by Crippen LogP contribution is 2.28. The Hall–Kier alpha value is -4.12. The normalized spacial score (nSPS) is 13.7. The number of ether oxygens (including phenoxy) is 3. The Bertz CT molecular complexity index is 1490. The van der Waals surface area contributed by atoms with Gasteiger partial charge in [-0.25, -0.2) is 4.79 Å². The fourth-order valence-corrected chi connectivity index (χ4v) is 4.63. The Balaban J connectivity index is 1.78. The summed E-state index contributed by atoms with van der Waals surface area (Å²) in [6.07, 6.45) is 0.793. The third-order valence-electron chi connectivity index (χ3n) is 6.56. The number of aromatic nitrogens is 3. The number of amides is 1. The van der Waals surface area contributed by atoms with E-state index in [-0.39, 0.29) is 43.8 Å². The van der Waals surface area contributed by atoms with Gasteiger partial charge in [-0.2, -0.15) is 9.78 Å². The molecule has 0 unspecified atom stereocenters. The Morgan fingerprint density at radius 2 is 1.72 bits per heavy atom. The van der Waals surface area contributed by atoms with Crippen LogP contribution in [-0.2, 0) is 16.1 Å². The number of hydrogen-bond acceptors (Lipinski definition) is 8. The topological polar surface area (TPSA) is 122 Å². The van der Waals surface area contributed by atoms with E-state index in [1.54, 1.807) is 43.3 Å². The van der Waals surface area contributed by atoms with E-state index >= 15 is 0 Å². The largest absolute Gasteiger partial charge is 0.493 e. The lowest BCUT2D eigenvalue weighted by Gasteiger charge is -2.30. The summed E-state index contributed by atoms with van der Waals surface area (Å²) < 4.78 is 17.7. The molecule has 0 saturated carbocycles. The van der Waals surface area contributed by atoms with Crippen molar-refractivity contribution in [3.05, 3.63) is 79.6 Å². The number of methoxy groups -OCH3 is 2.